The van der Waals surface area contributed by atoms with Crippen LogP contribution in [-0.2, 0) is 23.6 Å². The summed E-state index contributed by atoms with van der Waals surface area (Å²) in [6, 6.07) is 16.4. The summed E-state index contributed by atoms with van der Waals surface area (Å²) in [5.41, 5.74) is 5.01. The van der Waals surface area contributed by atoms with Crippen molar-refractivity contribution in [3.63, 3.8) is 0 Å². The van der Waals surface area contributed by atoms with Crippen LogP contribution in [-0.4, -0.2) is 41.0 Å². The van der Waals surface area contributed by atoms with Crippen LogP contribution in [0.2, 0.25) is 0 Å². The lowest BCUT2D eigenvalue weighted by molar-refractivity contribution is -0.113. The number of nitrogens with zero attached hydrogens (tertiary/aromatic N) is 6. The molecule has 1 N–H and O–H groups in total. The number of aryl methyl sites for hydroxylation is 3. The topological polar surface area (TPSA) is 90.5 Å². The number of aromatic nitrogens is 6. The Labute approximate surface area is 230 Å². The quantitative estimate of drug-likeness (QED) is 0.131. The zero-order chi connectivity index (χ0) is 26.6. The van der Waals surface area contributed by atoms with Gasteiger partial charge in [-0.3, -0.25) is 4.79 Å². The Morgan fingerprint density at radius 1 is 0.974 bits per heavy atom. The van der Waals surface area contributed by atoms with E-state index in [1.54, 1.807) is 6.08 Å². The summed E-state index contributed by atoms with van der Waals surface area (Å²) in [7, 11) is 0. The molecular formula is C28H29N7OS2. The highest BCUT2D eigenvalue weighted by molar-refractivity contribution is 7.99. The second kappa shape index (κ2) is 11.4. The van der Waals surface area contributed by atoms with Gasteiger partial charge in [0, 0.05) is 52.0 Å². The van der Waals surface area contributed by atoms with Crippen molar-refractivity contribution in [2.75, 3.05) is 11.1 Å². The molecule has 0 saturated heterocycles. The van der Waals surface area contributed by atoms with Crippen molar-refractivity contribution in [1.82, 2.24) is 29.3 Å². The molecule has 8 nitrogen and oxygen atoms in total. The van der Waals surface area contributed by atoms with Crippen molar-refractivity contribution in [3.8, 4) is 0 Å². The van der Waals surface area contributed by atoms with Gasteiger partial charge < -0.3 is 14.5 Å². The van der Waals surface area contributed by atoms with Gasteiger partial charge in [-0.15, -0.1) is 16.8 Å². The molecule has 0 aliphatic rings. The van der Waals surface area contributed by atoms with Crippen molar-refractivity contribution in [2.24, 2.45) is 0 Å². The van der Waals surface area contributed by atoms with Gasteiger partial charge in [0.05, 0.1) is 11.5 Å². The number of carbonyl (C=O) groups excluding carboxylic acids is 1. The normalized spacial score (nSPS) is 11.3. The third kappa shape index (κ3) is 5.46. The molecule has 10 heteroatoms. The molecular weight excluding hydrogens is 514 g/mol. The number of thioether (sulfide) groups is 2. The lowest BCUT2D eigenvalue weighted by atomic mass is 10.1. The summed E-state index contributed by atoms with van der Waals surface area (Å²) in [5.74, 6) is 1.49. The van der Waals surface area contributed by atoms with E-state index in [0.29, 0.717) is 22.6 Å². The number of benzene rings is 2. The van der Waals surface area contributed by atoms with Gasteiger partial charge in [0.15, 0.2) is 10.3 Å². The van der Waals surface area contributed by atoms with Crippen LogP contribution >= 0.6 is 23.5 Å². The molecule has 0 fully saturated rings. The molecule has 0 spiro atoms. The van der Waals surface area contributed by atoms with E-state index in [9.17, 15) is 4.79 Å². The van der Waals surface area contributed by atoms with E-state index in [2.05, 4.69) is 73.9 Å². The summed E-state index contributed by atoms with van der Waals surface area (Å²) in [4.78, 5) is 21.8. The molecule has 0 atom stereocenters. The highest BCUT2D eigenvalue weighted by Crippen LogP contribution is 2.31. The Hall–Kier alpha value is -3.63. The Bertz CT molecular complexity index is 1620. The van der Waals surface area contributed by atoms with Gasteiger partial charge in [-0.05, 0) is 51.1 Å². The minimum atomic E-state index is -0.0960. The number of hydrogen-bond donors (Lipinski definition) is 1. The molecule has 1 amide bonds. The molecule has 0 radical (unpaired) electrons. The van der Waals surface area contributed by atoms with Crippen LogP contribution in [0.1, 0.15) is 24.1 Å². The molecule has 5 rings (SSSR count). The van der Waals surface area contributed by atoms with Gasteiger partial charge in [0.1, 0.15) is 5.82 Å². The van der Waals surface area contributed by atoms with Gasteiger partial charge in [-0.25, -0.2) is 9.97 Å². The van der Waals surface area contributed by atoms with Crippen molar-refractivity contribution >= 4 is 56.9 Å². The monoisotopic (exact) mass is 543 g/mol. The van der Waals surface area contributed by atoms with Crippen molar-refractivity contribution in [2.45, 2.75) is 49.9 Å². The second-order valence-electron chi connectivity index (χ2n) is 8.85. The molecule has 38 heavy (non-hydrogen) atoms. The van der Waals surface area contributed by atoms with Crippen LogP contribution in [0.4, 0.5) is 5.69 Å². The molecule has 0 saturated carbocycles. The molecule has 5 aromatic rings. The summed E-state index contributed by atoms with van der Waals surface area (Å²) in [6.07, 6.45) is 1.80. The number of carbonyl (C=O) groups is 1. The highest BCUT2D eigenvalue weighted by Gasteiger charge is 2.16. The number of para-hydroxylation sites is 1. The Kier molecular flexibility index (Phi) is 7.80. The van der Waals surface area contributed by atoms with Gasteiger partial charge in [0.2, 0.25) is 5.91 Å². The van der Waals surface area contributed by atoms with Crippen LogP contribution in [0.15, 0.2) is 71.5 Å². The van der Waals surface area contributed by atoms with Gasteiger partial charge in [0.25, 0.3) is 0 Å². The van der Waals surface area contributed by atoms with Crippen LogP contribution in [0.25, 0.3) is 21.8 Å². The predicted octanol–water partition coefficient (Wildman–Crippen LogP) is 6.02. The average Bonchev–Trinajstić information content (AvgIpc) is 3.43. The third-order valence-electron chi connectivity index (χ3n) is 6.10. The van der Waals surface area contributed by atoms with E-state index in [4.69, 9.17) is 0 Å². The smallest absolute Gasteiger partial charge is 0.234 e. The maximum absolute atomic E-state index is 12.9. The first-order valence-electron chi connectivity index (χ1n) is 12.4. The van der Waals surface area contributed by atoms with Crippen molar-refractivity contribution in [3.05, 3.63) is 78.4 Å². The van der Waals surface area contributed by atoms with Crippen LogP contribution in [0, 0.1) is 13.8 Å². The lowest BCUT2D eigenvalue weighted by Crippen LogP contribution is -2.14. The van der Waals surface area contributed by atoms with Gasteiger partial charge in [-0.2, -0.15) is 0 Å². The molecule has 2 aromatic carbocycles. The fourth-order valence-electron chi connectivity index (χ4n) is 4.53. The van der Waals surface area contributed by atoms with E-state index in [1.807, 2.05) is 36.6 Å². The first kappa shape index (κ1) is 26.0. The molecule has 194 valence electrons. The summed E-state index contributed by atoms with van der Waals surface area (Å²) in [5, 5.41) is 15.5. The number of anilines is 1. The molecule has 0 unspecified atom stereocenters. The number of rotatable bonds is 10. The number of allylic oxidation sites excluding steroid dienone is 1. The van der Waals surface area contributed by atoms with E-state index in [1.165, 1.54) is 34.4 Å². The third-order valence-corrected chi connectivity index (χ3v) is 7.91. The van der Waals surface area contributed by atoms with Gasteiger partial charge in [-0.1, -0.05) is 47.8 Å². The standard InChI is InChI=1S/C28H29N7OS2/c1-5-13-35-25(16-37-27-29-18(3)14-19(4)30-27)32-33-28(35)38-17-26(36)31-20-11-12-24-22(15-20)21-9-7-8-10-23(21)34(24)6-2/h5,7-12,14-15H,1,6,13,16-17H2,2-4H3,(H,31,36). The largest absolute Gasteiger partial charge is 0.341 e. The summed E-state index contributed by atoms with van der Waals surface area (Å²) >= 11 is 2.88. The Morgan fingerprint density at radius 3 is 2.50 bits per heavy atom. The van der Waals surface area contributed by atoms with Crippen molar-refractivity contribution < 1.29 is 4.79 Å². The average molecular weight is 544 g/mol. The Morgan fingerprint density at radius 2 is 1.74 bits per heavy atom. The van der Waals surface area contributed by atoms with Crippen LogP contribution in [0.3, 0.4) is 0 Å². The minimum absolute atomic E-state index is 0.0960. The maximum atomic E-state index is 12.9. The number of hydrogen-bond acceptors (Lipinski definition) is 7. The molecule has 0 aliphatic carbocycles. The number of fused-ring (bicyclic) bond motifs is 3. The first-order chi connectivity index (χ1) is 18.5. The number of nitrogens with one attached hydrogen (secondary N) is 1. The maximum Gasteiger partial charge on any atom is 0.234 e. The molecule has 3 aromatic heterocycles. The zero-order valence-electron chi connectivity index (χ0n) is 21.6. The van der Waals surface area contributed by atoms with Crippen LogP contribution < -0.4 is 5.32 Å². The second-order valence-corrected chi connectivity index (χ2v) is 10.7. The fraction of sp³-hybridized carbons (Fsp3) is 0.250. The lowest BCUT2D eigenvalue weighted by Gasteiger charge is -2.09. The fourth-order valence-corrected chi connectivity index (χ4v) is 6.19. The SMILES string of the molecule is C=CCn1c(CSc2nc(C)cc(C)n2)nnc1SCC(=O)Nc1ccc2c(c1)c1ccccc1n2CC. The minimum Gasteiger partial charge on any atom is -0.341 e. The van der Waals surface area contributed by atoms with E-state index < -0.39 is 0 Å². The Balaban J connectivity index is 1.26. The van der Waals surface area contributed by atoms with E-state index >= 15 is 0 Å². The summed E-state index contributed by atoms with van der Waals surface area (Å²) < 4.78 is 4.27. The predicted molar refractivity (Wildman–Crippen MR) is 156 cm³/mol. The van der Waals surface area contributed by atoms with E-state index in [0.717, 1.165) is 40.3 Å². The molecule has 0 bridgehead atoms. The number of amides is 1. The highest BCUT2D eigenvalue weighted by atomic mass is 32.2. The molecule has 3 heterocycles. The van der Waals surface area contributed by atoms with Gasteiger partial charge >= 0.3 is 0 Å². The zero-order valence-corrected chi connectivity index (χ0v) is 23.3. The summed E-state index contributed by atoms with van der Waals surface area (Å²) in [6.45, 7) is 11.4. The van der Waals surface area contributed by atoms with Crippen molar-refractivity contribution in [1.29, 1.82) is 0 Å². The molecule has 0 aliphatic heterocycles. The first-order valence-corrected chi connectivity index (χ1v) is 14.4. The van der Waals surface area contributed by atoms with Crippen LogP contribution in [0.5, 0.6) is 0 Å². The van der Waals surface area contributed by atoms with E-state index in [-0.39, 0.29) is 11.7 Å².